The monoisotopic (exact) mass is 456 g/mol. The topological polar surface area (TPSA) is 98.5 Å². The fourth-order valence-corrected chi connectivity index (χ4v) is 4.96. The van der Waals surface area contributed by atoms with Crippen LogP contribution in [0.1, 0.15) is 42.8 Å². The smallest absolute Gasteiger partial charge is 0.296 e. The van der Waals surface area contributed by atoms with Gasteiger partial charge < -0.3 is 9.84 Å². The number of ether oxygens (including phenoxy) is 1. The highest BCUT2D eigenvalue weighted by Gasteiger charge is 2.32. The molecule has 0 radical (unpaired) electrons. The van der Waals surface area contributed by atoms with E-state index in [0.717, 1.165) is 24.0 Å². The van der Waals surface area contributed by atoms with Crippen molar-refractivity contribution in [1.29, 1.82) is 0 Å². The van der Waals surface area contributed by atoms with Crippen LogP contribution in [0.2, 0.25) is 0 Å². The minimum absolute atomic E-state index is 0.0758. The second-order valence-electron chi connectivity index (χ2n) is 7.66. The number of nitrogens with zero attached hydrogens (tertiary/aromatic N) is 2. The van der Waals surface area contributed by atoms with Gasteiger partial charge >= 0.3 is 0 Å². The lowest BCUT2D eigenvalue weighted by Gasteiger charge is -2.25. The van der Waals surface area contributed by atoms with Crippen LogP contribution in [0, 0.1) is 6.92 Å². The third-order valence-corrected chi connectivity index (χ3v) is 7.10. The van der Waals surface area contributed by atoms with Crippen LogP contribution in [0.3, 0.4) is 0 Å². The Bertz CT molecular complexity index is 1220. The Morgan fingerprint density at radius 3 is 2.34 bits per heavy atom. The van der Waals surface area contributed by atoms with E-state index in [2.05, 4.69) is 4.98 Å². The van der Waals surface area contributed by atoms with E-state index in [0.29, 0.717) is 12.2 Å². The lowest BCUT2D eigenvalue weighted by Crippen LogP contribution is -2.29. The van der Waals surface area contributed by atoms with Crippen molar-refractivity contribution in [3.8, 4) is 5.88 Å². The molecule has 8 heteroatoms. The number of methoxy groups -OCH3 is 1. The van der Waals surface area contributed by atoms with E-state index in [1.807, 2.05) is 44.2 Å². The normalized spacial score (nSPS) is 12.6. The Balaban J connectivity index is 2.29. The summed E-state index contributed by atoms with van der Waals surface area (Å²) in [4.78, 5) is 16.2. The summed E-state index contributed by atoms with van der Waals surface area (Å²) in [5.41, 5.74) is 0.712. The van der Waals surface area contributed by atoms with Crippen LogP contribution in [0.15, 0.2) is 69.2 Å². The molecule has 0 unspecified atom stereocenters. The number of sulfone groups is 1. The first kappa shape index (κ1) is 23.7. The summed E-state index contributed by atoms with van der Waals surface area (Å²) in [6.45, 7) is 3.99. The zero-order chi connectivity index (χ0) is 23.3. The van der Waals surface area contributed by atoms with Crippen molar-refractivity contribution in [2.24, 2.45) is 0 Å². The molecule has 0 aliphatic carbocycles. The van der Waals surface area contributed by atoms with Crippen molar-refractivity contribution in [3.05, 3.63) is 81.9 Å². The highest BCUT2D eigenvalue weighted by atomic mass is 32.2. The minimum atomic E-state index is -4.29. The summed E-state index contributed by atoms with van der Waals surface area (Å²) < 4.78 is 33.5. The van der Waals surface area contributed by atoms with Crippen LogP contribution in [0.4, 0.5) is 0 Å². The van der Waals surface area contributed by atoms with Crippen LogP contribution in [-0.2, 0) is 21.0 Å². The third kappa shape index (κ3) is 4.76. The zero-order valence-electron chi connectivity index (χ0n) is 18.5. The number of benzene rings is 2. The lowest BCUT2D eigenvalue weighted by atomic mass is 10.1. The van der Waals surface area contributed by atoms with Crippen LogP contribution >= 0.6 is 0 Å². The van der Waals surface area contributed by atoms with Crippen molar-refractivity contribution >= 4 is 9.84 Å². The van der Waals surface area contributed by atoms with Gasteiger partial charge in [0, 0.05) is 13.5 Å². The van der Waals surface area contributed by atoms with E-state index in [4.69, 9.17) is 4.74 Å². The van der Waals surface area contributed by atoms with E-state index in [1.165, 1.54) is 23.8 Å². The Kier molecular flexibility index (Phi) is 7.48. The molecular formula is C24H28N2O5S. The van der Waals surface area contributed by atoms with Gasteiger partial charge in [0.05, 0.1) is 17.5 Å². The van der Waals surface area contributed by atoms with Gasteiger partial charge in [0.25, 0.3) is 5.56 Å². The summed E-state index contributed by atoms with van der Waals surface area (Å²) >= 11 is 0. The number of unbranched alkanes of at least 4 members (excludes halogenated alkanes) is 1. The van der Waals surface area contributed by atoms with Crippen LogP contribution < -0.4 is 5.56 Å². The molecule has 0 fully saturated rings. The van der Waals surface area contributed by atoms with E-state index >= 15 is 0 Å². The number of aromatic nitrogens is 2. The van der Waals surface area contributed by atoms with Gasteiger partial charge in [-0.1, -0.05) is 61.4 Å². The first-order valence-corrected chi connectivity index (χ1v) is 12.0. The molecule has 3 rings (SSSR count). The fourth-order valence-electron chi connectivity index (χ4n) is 3.61. The zero-order valence-corrected chi connectivity index (χ0v) is 19.3. The Hall–Kier alpha value is -2.97. The third-order valence-electron chi connectivity index (χ3n) is 5.31. The largest absolute Gasteiger partial charge is 0.493 e. The molecule has 3 aromatic rings. The van der Waals surface area contributed by atoms with Crippen LogP contribution in [0.5, 0.6) is 5.88 Å². The van der Waals surface area contributed by atoms with Gasteiger partial charge in [0.1, 0.15) is 5.82 Å². The summed E-state index contributed by atoms with van der Waals surface area (Å²) in [5.74, 6) is -0.300. The molecule has 1 N–H and O–H groups in total. The Labute approximate surface area is 188 Å². The predicted octanol–water partition coefficient (Wildman–Crippen LogP) is 3.67. The molecule has 0 amide bonds. The number of hydrogen-bond donors (Lipinski definition) is 1. The van der Waals surface area contributed by atoms with E-state index in [-0.39, 0.29) is 11.5 Å². The van der Waals surface area contributed by atoms with E-state index in [1.54, 1.807) is 12.1 Å². The molecule has 170 valence electrons. The molecule has 0 spiro atoms. The molecule has 0 aliphatic heterocycles. The molecule has 32 heavy (non-hydrogen) atoms. The standard InChI is InChI=1S/C24H28N2O5S/c1-4-5-11-21-25-23(27)22(32(29,30)19-14-12-17(2)13-15-19)24(28)26(21)20(16-31-3)18-9-7-6-8-10-18/h6-10,12-15,20,28H,4-5,11,16H2,1-3H3/t20-/m0/s1. The second-order valence-corrected chi connectivity index (χ2v) is 9.54. The summed E-state index contributed by atoms with van der Waals surface area (Å²) in [6.07, 6.45) is 1.99. The van der Waals surface area contributed by atoms with Gasteiger partial charge in [-0.2, -0.15) is 4.98 Å². The molecule has 2 aromatic carbocycles. The van der Waals surface area contributed by atoms with Crippen molar-refractivity contribution in [2.75, 3.05) is 13.7 Å². The van der Waals surface area contributed by atoms with Crippen molar-refractivity contribution in [3.63, 3.8) is 0 Å². The van der Waals surface area contributed by atoms with Gasteiger partial charge in [-0.25, -0.2) is 8.42 Å². The average Bonchev–Trinajstić information content (AvgIpc) is 2.77. The Morgan fingerprint density at radius 2 is 1.75 bits per heavy atom. The number of rotatable bonds is 9. The first-order valence-electron chi connectivity index (χ1n) is 10.5. The second kappa shape index (κ2) is 10.1. The molecule has 0 bridgehead atoms. The molecule has 7 nitrogen and oxygen atoms in total. The molecule has 0 saturated carbocycles. The molecule has 1 aromatic heterocycles. The van der Waals surface area contributed by atoms with Crippen LogP contribution in [0.25, 0.3) is 0 Å². The molecule has 1 heterocycles. The van der Waals surface area contributed by atoms with Gasteiger partial charge in [-0.05, 0) is 31.0 Å². The number of aryl methyl sites for hydroxylation is 2. The van der Waals surface area contributed by atoms with Crippen molar-refractivity contribution in [1.82, 2.24) is 9.55 Å². The molecule has 0 aliphatic rings. The van der Waals surface area contributed by atoms with E-state index < -0.39 is 32.2 Å². The highest BCUT2D eigenvalue weighted by Crippen LogP contribution is 2.32. The van der Waals surface area contributed by atoms with Crippen LogP contribution in [-0.4, -0.2) is 36.8 Å². The summed E-state index contributed by atoms with van der Waals surface area (Å²) in [6, 6.07) is 14.8. The van der Waals surface area contributed by atoms with Gasteiger partial charge in [0.2, 0.25) is 15.7 Å². The predicted molar refractivity (Wildman–Crippen MR) is 122 cm³/mol. The van der Waals surface area contributed by atoms with E-state index in [9.17, 15) is 18.3 Å². The highest BCUT2D eigenvalue weighted by molar-refractivity contribution is 7.91. The number of aromatic hydroxyl groups is 1. The SMILES string of the molecule is CCCCc1nc(=O)c(S(=O)(=O)c2ccc(C)cc2)c(O)n1[C@@H](COC)c1ccccc1. The first-order chi connectivity index (χ1) is 15.3. The fraction of sp³-hybridized carbons (Fsp3) is 0.333. The molecule has 1 atom stereocenters. The molecular weight excluding hydrogens is 428 g/mol. The van der Waals surface area contributed by atoms with Crippen molar-refractivity contribution < 1.29 is 18.3 Å². The average molecular weight is 457 g/mol. The summed E-state index contributed by atoms with van der Waals surface area (Å²) in [7, 11) is -2.77. The number of hydrogen-bond acceptors (Lipinski definition) is 6. The van der Waals surface area contributed by atoms with Gasteiger partial charge in [0.15, 0.2) is 4.90 Å². The minimum Gasteiger partial charge on any atom is -0.493 e. The van der Waals surface area contributed by atoms with Gasteiger partial charge in [-0.15, -0.1) is 0 Å². The van der Waals surface area contributed by atoms with Crippen molar-refractivity contribution in [2.45, 2.75) is 48.9 Å². The van der Waals surface area contributed by atoms with Gasteiger partial charge in [-0.3, -0.25) is 9.36 Å². The lowest BCUT2D eigenvalue weighted by molar-refractivity contribution is 0.161. The Morgan fingerprint density at radius 1 is 1.09 bits per heavy atom. The maximum absolute atomic E-state index is 13.3. The maximum atomic E-state index is 13.3. The maximum Gasteiger partial charge on any atom is 0.296 e. The summed E-state index contributed by atoms with van der Waals surface area (Å²) in [5, 5.41) is 11.2. The molecule has 0 saturated heterocycles. The quantitative estimate of drug-likeness (QED) is 0.528.